The Bertz CT molecular complexity index is 1090. The molecule has 4 rings (SSSR count). The maximum absolute atomic E-state index is 9.91. The molecule has 1 saturated carbocycles. The van der Waals surface area contributed by atoms with E-state index in [2.05, 4.69) is 71.4 Å². The van der Waals surface area contributed by atoms with Gasteiger partial charge in [-0.3, -0.25) is 0 Å². The topological polar surface area (TPSA) is 57.8 Å². The first-order chi connectivity index (χ1) is 14.2. The Kier molecular flexibility index (Phi) is 5.82. The van der Waals surface area contributed by atoms with Gasteiger partial charge in [-0.2, -0.15) is 5.11 Å². The third kappa shape index (κ3) is 4.21. The van der Waals surface area contributed by atoms with Crippen molar-refractivity contribution in [1.29, 1.82) is 0 Å². The van der Waals surface area contributed by atoms with Crippen LogP contribution in [0.1, 0.15) is 59.2 Å². The molecule has 1 fully saturated rings. The average Bonchev–Trinajstić information content (AvgIpc) is 3.10. The van der Waals surface area contributed by atoms with Crippen LogP contribution in [0.25, 0.3) is 0 Å². The first kappa shape index (κ1) is 21.2. The zero-order valence-corrected chi connectivity index (χ0v) is 20.1. The molecule has 0 radical (unpaired) electrons. The molecule has 0 unspecified atom stereocenters. The smallest absolute Gasteiger partial charge is 0.229 e. The molecule has 0 aliphatic heterocycles. The molecule has 0 saturated heterocycles. The van der Waals surface area contributed by atoms with E-state index in [0.717, 1.165) is 28.6 Å². The number of hydrogen-bond acceptors (Lipinski definition) is 5. The highest BCUT2D eigenvalue weighted by atomic mass is 79.9. The van der Waals surface area contributed by atoms with E-state index < -0.39 is 0 Å². The van der Waals surface area contributed by atoms with Crippen molar-refractivity contribution in [2.24, 2.45) is 10.2 Å². The number of aromatic nitrogens is 1. The second-order valence-electron chi connectivity index (χ2n) is 8.67. The minimum Gasteiger partial charge on any atom is -0.508 e. The number of thiazole rings is 1. The Morgan fingerprint density at radius 2 is 1.87 bits per heavy atom. The van der Waals surface area contributed by atoms with Gasteiger partial charge in [-0.25, -0.2) is 4.98 Å². The minimum atomic E-state index is 0.218. The van der Waals surface area contributed by atoms with Crippen LogP contribution in [-0.4, -0.2) is 10.1 Å². The summed E-state index contributed by atoms with van der Waals surface area (Å²) in [5, 5.41) is 21.2. The number of azo groups is 1. The molecule has 1 aliphatic rings. The maximum Gasteiger partial charge on any atom is 0.229 e. The normalized spacial score (nSPS) is 21.2. The molecule has 0 atom stereocenters. The summed E-state index contributed by atoms with van der Waals surface area (Å²) in [6.07, 6.45) is 2.23. The molecule has 3 aromatic rings. The van der Waals surface area contributed by atoms with Gasteiger partial charge in [0.1, 0.15) is 5.75 Å². The Hall–Kier alpha value is -2.05. The predicted octanol–water partition coefficient (Wildman–Crippen LogP) is 7.66. The van der Waals surface area contributed by atoms with Crippen molar-refractivity contribution < 1.29 is 5.11 Å². The fraction of sp³-hybridized carbons (Fsp3) is 0.375. The lowest BCUT2D eigenvalue weighted by molar-refractivity contribution is 0.220. The predicted molar refractivity (Wildman–Crippen MR) is 126 cm³/mol. The SMILES string of the molecule is Cc1cc(C)c(C2(C)CC(c3csc(N=NCc4cc(Br)ccc4O)n3)C2)c(C)c1. The first-order valence-electron chi connectivity index (χ1n) is 10.1. The summed E-state index contributed by atoms with van der Waals surface area (Å²) in [6, 6.07) is 9.90. The molecule has 4 nitrogen and oxygen atoms in total. The number of benzene rings is 2. The van der Waals surface area contributed by atoms with E-state index >= 15 is 0 Å². The van der Waals surface area contributed by atoms with Gasteiger partial charge in [-0.05, 0) is 73.9 Å². The third-order valence-electron chi connectivity index (χ3n) is 6.04. The summed E-state index contributed by atoms with van der Waals surface area (Å²) in [7, 11) is 0. The summed E-state index contributed by atoms with van der Waals surface area (Å²) in [4.78, 5) is 4.71. The summed E-state index contributed by atoms with van der Waals surface area (Å²) in [5.41, 5.74) is 7.72. The van der Waals surface area contributed by atoms with Crippen molar-refractivity contribution in [2.75, 3.05) is 0 Å². The molecule has 0 amide bonds. The molecule has 1 N–H and O–H groups in total. The second-order valence-corrected chi connectivity index (χ2v) is 10.4. The van der Waals surface area contributed by atoms with Crippen molar-refractivity contribution in [3.05, 3.63) is 73.7 Å². The molecule has 156 valence electrons. The van der Waals surface area contributed by atoms with E-state index in [4.69, 9.17) is 4.98 Å². The number of halogens is 1. The molecular weight excluding hydrogens is 458 g/mol. The van der Waals surface area contributed by atoms with Gasteiger partial charge >= 0.3 is 0 Å². The zero-order chi connectivity index (χ0) is 21.5. The monoisotopic (exact) mass is 483 g/mol. The van der Waals surface area contributed by atoms with Crippen molar-refractivity contribution in [3.63, 3.8) is 0 Å². The number of phenolic OH excluding ortho intramolecular Hbond substituents is 1. The van der Waals surface area contributed by atoms with Gasteiger partial charge in [0, 0.05) is 21.3 Å². The van der Waals surface area contributed by atoms with Gasteiger partial charge in [-0.15, -0.1) is 16.5 Å². The molecule has 1 heterocycles. The quantitative estimate of drug-likeness (QED) is 0.378. The van der Waals surface area contributed by atoms with E-state index in [-0.39, 0.29) is 11.2 Å². The van der Waals surface area contributed by atoms with E-state index in [1.165, 1.54) is 33.6 Å². The summed E-state index contributed by atoms with van der Waals surface area (Å²) < 4.78 is 0.911. The zero-order valence-electron chi connectivity index (χ0n) is 17.7. The van der Waals surface area contributed by atoms with Gasteiger partial charge in [0.15, 0.2) is 0 Å². The molecule has 0 spiro atoms. The van der Waals surface area contributed by atoms with Gasteiger partial charge in [0.05, 0.1) is 12.2 Å². The highest BCUT2D eigenvalue weighted by molar-refractivity contribution is 9.10. The van der Waals surface area contributed by atoms with Crippen LogP contribution in [0.3, 0.4) is 0 Å². The number of rotatable bonds is 5. The standard InChI is InChI=1S/C24H26BrN3OS/c1-14-7-15(2)22(16(3)8-14)24(4)10-18(11-24)20-13-30-23(27-20)28-26-12-17-9-19(25)5-6-21(17)29/h5-9,13,18,29H,10-12H2,1-4H3. The van der Waals surface area contributed by atoms with E-state index in [1.807, 2.05) is 6.07 Å². The molecular formula is C24H26BrN3OS. The lowest BCUT2D eigenvalue weighted by atomic mass is 9.57. The van der Waals surface area contributed by atoms with Crippen molar-refractivity contribution in [3.8, 4) is 5.75 Å². The largest absolute Gasteiger partial charge is 0.508 e. The van der Waals surface area contributed by atoms with Crippen LogP contribution in [0.15, 0.2) is 50.4 Å². The average molecular weight is 484 g/mol. The lowest BCUT2D eigenvalue weighted by Crippen LogP contribution is -2.38. The van der Waals surface area contributed by atoms with E-state index in [1.54, 1.807) is 12.1 Å². The lowest BCUT2D eigenvalue weighted by Gasteiger charge is -2.47. The number of aromatic hydroxyl groups is 1. The van der Waals surface area contributed by atoms with Crippen LogP contribution in [0.5, 0.6) is 5.75 Å². The van der Waals surface area contributed by atoms with Crippen LogP contribution >= 0.6 is 27.3 Å². The highest BCUT2D eigenvalue weighted by Crippen LogP contribution is 2.54. The van der Waals surface area contributed by atoms with Crippen molar-refractivity contribution >= 4 is 32.4 Å². The van der Waals surface area contributed by atoms with Crippen molar-refractivity contribution in [2.45, 2.75) is 58.4 Å². The Morgan fingerprint density at radius 3 is 2.57 bits per heavy atom. The molecule has 30 heavy (non-hydrogen) atoms. The fourth-order valence-corrected chi connectivity index (χ4v) is 6.08. The van der Waals surface area contributed by atoms with Gasteiger partial charge in [0.2, 0.25) is 5.13 Å². The van der Waals surface area contributed by atoms with Crippen LogP contribution in [0.2, 0.25) is 0 Å². The third-order valence-corrected chi connectivity index (χ3v) is 7.28. The Labute approximate surface area is 190 Å². The molecule has 0 bridgehead atoms. The maximum atomic E-state index is 9.91. The van der Waals surface area contributed by atoms with Crippen LogP contribution in [0.4, 0.5) is 5.13 Å². The number of nitrogens with zero attached hydrogens (tertiary/aromatic N) is 3. The molecule has 1 aliphatic carbocycles. The van der Waals surface area contributed by atoms with Crippen LogP contribution in [0, 0.1) is 20.8 Å². The number of aryl methyl sites for hydroxylation is 3. The van der Waals surface area contributed by atoms with Crippen LogP contribution in [-0.2, 0) is 12.0 Å². The van der Waals surface area contributed by atoms with E-state index in [0.29, 0.717) is 17.6 Å². The van der Waals surface area contributed by atoms with Gasteiger partial charge < -0.3 is 5.11 Å². The molecule has 6 heteroatoms. The fourth-order valence-electron chi connectivity index (χ4n) is 4.94. The van der Waals surface area contributed by atoms with Crippen molar-refractivity contribution in [1.82, 2.24) is 4.98 Å². The summed E-state index contributed by atoms with van der Waals surface area (Å²) in [6.45, 7) is 9.34. The molecule has 2 aromatic carbocycles. The Morgan fingerprint density at radius 1 is 1.17 bits per heavy atom. The minimum absolute atomic E-state index is 0.218. The molecule has 1 aromatic heterocycles. The highest BCUT2D eigenvalue weighted by Gasteiger charge is 2.44. The second kappa shape index (κ2) is 8.23. The van der Waals surface area contributed by atoms with Gasteiger partial charge in [0.25, 0.3) is 0 Å². The Balaban J connectivity index is 1.42. The van der Waals surface area contributed by atoms with Gasteiger partial charge in [-0.1, -0.05) is 40.5 Å². The summed E-state index contributed by atoms with van der Waals surface area (Å²) in [5.74, 6) is 0.705. The first-order valence-corrected chi connectivity index (χ1v) is 11.8. The van der Waals surface area contributed by atoms with E-state index in [9.17, 15) is 5.11 Å². The number of phenols is 1. The summed E-state index contributed by atoms with van der Waals surface area (Å²) >= 11 is 4.94. The number of hydrogen-bond donors (Lipinski definition) is 1. The van der Waals surface area contributed by atoms with Crippen LogP contribution < -0.4 is 0 Å².